The van der Waals surface area contributed by atoms with Gasteiger partial charge in [0.05, 0.1) is 13.2 Å². The number of urea groups is 1. The summed E-state index contributed by atoms with van der Waals surface area (Å²) >= 11 is 0. The molecule has 3 N–H and O–H groups in total. The van der Waals surface area contributed by atoms with E-state index in [1.54, 1.807) is 0 Å². The Balaban J connectivity index is 1.89. The molecule has 2 fully saturated rings. The summed E-state index contributed by atoms with van der Waals surface area (Å²) < 4.78 is 5.24. The number of hydrogen-bond donors (Lipinski definition) is 2. The van der Waals surface area contributed by atoms with Gasteiger partial charge in [0, 0.05) is 32.1 Å². The van der Waals surface area contributed by atoms with Gasteiger partial charge in [-0.15, -0.1) is 0 Å². The number of amides is 2. The van der Waals surface area contributed by atoms with Crippen molar-refractivity contribution in [2.24, 2.45) is 10.9 Å². The number of carbonyl (C=O) groups excluding carboxylic acids is 1. The van der Waals surface area contributed by atoms with Gasteiger partial charge in [-0.2, -0.15) is 0 Å². The molecule has 2 rings (SSSR count). The normalized spacial score (nSPS) is 20.9. The maximum Gasteiger partial charge on any atom is 0.320 e. The average Bonchev–Trinajstić information content (AvgIpc) is 3.24. The summed E-state index contributed by atoms with van der Waals surface area (Å²) in [7, 11) is 0. The summed E-state index contributed by atoms with van der Waals surface area (Å²) in [5, 5.41) is 11.5. The fourth-order valence-corrected chi connectivity index (χ4v) is 2.04. The van der Waals surface area contributed by atoms with E-state index in [9.17, 15) is 4.79 Å². The largest absolute Gasteiger partial charge is 0.409 e. The summed E-state index contributed by atoms with van der Waals surface area (Å²) in [6, 6.07) is 0.373. The smallest absolute Gasteiger partial charge is 0.320 e. The maximum atomic E-state index is 12.3. The fourth-order valence-electron chi connectivity index (χ4n) is 2.04. The van der Waals surface area contributed by atoms with Crippen LogP contribution < -0.4 is 5.73 Å². The summed E-state index contributed by atoms with van der Waals surface area (Å²) in [4.78, 5) is 16.0. The number of carbonyl (C=O) groups is 1. The van der Waals surface area contributed by atoms with Crippen LogP contribution in [0.15, 0.2) is 5.16 Å². The van der Waals surface area contributed by atoms with Crippen molar-refractivity contribution in [2.45, 2.75) is 25.3 Å². The monoisotopic (exact) mass is 256 g/mol. The molecule has 0 bridgehead atoms. The highest BCUT2D eigenvalue weighted by atomic mass is 16.5. The van der Waals surface area contributed by atoms with Crippen LogP contribution in [-0.2, 0) is 4.74 Å². The zero-order valence-electron chi connectivity index (χ0n) is 10.4. The molecular formula is C11H20N4O3. The third kappa shape index (κ3) is 3.25. The number of rotatable bonds is 4. The van der Waals surface area contributed by atoms with E-state index in [2.05, 4.69) is 5.16 Å². The SMILES string of the molecule is NC(CCN(C(=O)N1CCOCC1)C1CC1)=NO. The highest BCUT2D eigenvalue weighted by Gasteiger charge is 2.35. The zero-order valence-corrected chi connectivity index (χ0v) is 10.4. The van der Waals surface area contributed by atoms with Crippen LogP contribution in [0.25, 0.3) is 0 Å². The summed E-state index contributed by atoms with van der Waals surface area (Å²) in [5.74, 6) is 0.162. The second-order valence-corrected chi connectivity index (χ2v) is 4.65. The van der Waals surface area contributed by atoms with Crippen LogP contribution in [0.5, 0.6) is 0 Å². The Hall–Kier alpha value is -1.50. The number of oxime groups is 1. The van der Waals surface area contributed by atoms with Crippen molar-refractivity contribution >= 4 is 11.9 Å². The first-order valence-corrected chi connectivity index (χ1v) is 6.32. The molecule has 0 aromatic heterocycles. The molecule has 102 valence electrons. The van der Waals surface area contributed by atoms with Gasteiger partial charge >= 0.3 is 6.03 Å². The minimum absolute atomic E-state index is 0.0477. The van der Waals surface area contributed by atoms with Crippen molar-refractivity contribution in [2.75, 3.05) is 32.8 Å². The molecular weight excluding hydrogens is 236 g/mol. The number of nitrogens with zero attached hydrogens (tertiary/aromatic N) is 3. The molecule has 0 radical (unpaired) electrons. The van der Waals surface area contributed by atoms with Gasteiger partial charge in [-0.3, -0.25) is 0 Å². The third-order valence-electron chi connectivity index (χ3n) is 3.25. The number of nitrogens with two attached hydrogens (primary N) is 1. The summed E-state index contributed by atoms with van der Waals surface area (Å²) in [6.45, 7) is 3.00. The van der Waals surface area contributed by atoms with Crippen molar-refractivity contribution < 1.29 is 14.7 Å². The number of ether oxygens (including phenoxy) is 1. The molecule has 0 spiro atoms. The molecule has 1 saturated heterocycles. The van der Waals surface area contributed by atoms with Crippen molar-refractivity contribution in [3.05, 3.63) is 0 Å². The van der Waals surface area contributed by atoms with E-state index < -0.39 is 0 Å². The van der Waals surface area contributed by atoms with Crippen molar-refractivity contribution in [1.29, 1.82) is 0 Å². The van der Waals surface area contributed by atoms with Crippen LogP contribution in [0.4, 0.5) is 4.79 Å². The van der Waals surface area contributed by atoms with Gasteiger partial charge < -0.3 is 25.5 Å². The molecule has 1 heterocycles. The van der Waals surface area contributed by atoms with E-state index in [-0.39, 0.29) is 11.9 Å². The molecule has 1 aliphatic carbocycles. The van der Waals surface area contributed by atoms with Gasteiger partial charge in [0.25, 0.3) is 0 Å². The predicted octanol–water partition coefficient (Wildman–Crippen LogP) is 0.0395. The first-order chi connectivity index (χ1) is 8.72. The molecule has 0 aromatic carbocycles. The minimum Gasteiger partial charge on any atom is -0.409 e. The van der Waals surface area contributed by atoms with Crippen LogP contribution in [-0.4, -0.2) is 65.8 Å². The van der Waals surface area contributed by atoms with E-state index in [0.717, 1.165) is 12.8 Å². The Kier molecular flexibility index (Phi) is 4.24. The lowest BCUT2D eigenvalue weighted by Crippen LogP contribution is -2.49. The molecule has 0 unspecified atom stereocenters. The molecule has 7 nitrogen and oxygen atoms in total. The van der Waals surface area contributed by atoms with E-state index >= 15 is 0 Å². The Labute approximate surface area is 106 Å². The summed E-state index contributed by atoms with van der Waals surface area (Å²) in [5.41, 5.74) is 5.45. The molecule has 7 heteroatoms. The number of amidine groups is 1. The quantitative estimate of drug-likeness (QED) is 0.321. The lowest BCUT2D eigenvalue weighted by Gasteiger charge is -2.33. The van der Waals surface area contributed by atoms with Crippen LogP contribution >= 0.6 is 0 Å². The molecule has 2 amide bonds. The highest BCUT2D eigenvalue weighted by Crippen LogP contribution is 2.28. The average molecular weight is 256 g/mol. The molecule has 2 aliphatic rings. The lowest BCUT2D eigenvalue weighted by molar-refractivity contribution is 0.0428. The van der Waals surface area contributed by atoms with Crippen molar-refractivity contribution in [3.63, 3.8) is 0 Å². The van der Waals surface area contributed by atoms with Crippen LogP contribution in [0, 0.1) is 0 Å². The second kappa shape index (κ2) is 5.90. The topological polar surface area (TPSA) is 91.4 Å². The van der Waals surface area contributed by atoms with Gasteiger partial charge in [-0.25, -0.2) is 4.79 Å². The summed E-state index contributed by atoms with van der Waals surface area (Å²) in [6.07, 6.45) is 2.50. The second-order valence-electron chi connectivity index (χ2n) is 4.65. The molecule has 18 heavy (non-hydrogen) atoms. The molecule has 1 saturated carbocycles. The third-order valence-corrected chi connectivity index (χ3v) is 3.25. The Morgan fingerprint density at radius 1 is 1.44 bits per heavy atom. The van der Waals surface area contributed by atoms with Gasteiger partial charge in [0.2, 0.25) is 0 Å². The maximum absolute atomic E-state index is 12.3. The highest BCUT2D eigenvalue weighted by molar-refractivity contribution is 5.81. The van der Waals surface area contributed by atoms with Gasteiger partial charge in [-0.05, 0) is 12.8 Å². The van der Waals surface area contributed by atoms with Gasteiger partial charge in [0.15, 0.2) is 0 Å². The van der Waals surface area contributed by atoms with Crippen molar-refractivity contribution in [3.8, 4) is 0 Å². The Morgan fingerprint density at radius 3 is 2.67 bits per heavy atom. The van der Waals surface area contributed by atoms with Crippen molar-refractivity contribution in [1.82, 2.24) is 9.80 Å². The van der Waals surface area contributed by atoms with E-state index in [0.29, 0.717) is 45.3 Å². The van der Waals surface area contributed by atoms with Crippen LogP contribution in [0.2, 0.25) is 0 Å². The standard InChI is InChI=1S/C11H20N4O3/c12-10(13-17)3-4-15(9-1-2-9)11(16)14-5-7-18-8-6-14/h9,17H,1-8H2,(H2,12,13). The first kappa shape index (κ1) is 12.9. The zero-order chi connectivity index (χ0) is 13.0. The van der Waals surface area contributed by atoms with Gasteiger partial charge in [-0.1, -0.05) is 5.16 Å². The van der Waals surface area contributed by atoms with E-state index in [1.807, 2.05) is 9.80 Å². The molecule has 1 aliphatic heterocycles. The van der Waals surface area contributed by atoms with Crippen LogP contribution in [0.3, 0.4) is 0 Å². The Morgan fingerprint density at radius 2 is 2.11 bits per heavy atom. The van der Waals surface area contributed by atoms with E-state index in [4.69, 9.17) is 15.7 Å². The van der Waals surface area contributed by atoms with E-state index in [1.165, 1.54) is 0 Å². The Bertz CT molecular complexity index is 324. The fraction of sp³-hybridized carbons (Fsp3) is 0.818. The molecule has 0 atom stereocenters. The first-order valence-electron chi connectivity index (χ1n) is 6.32. The lowest BCUT2D eigenvalue weighted by atomic mass is 10.3. The van der Waals surface area contributed by atoms with Gasteiger partial charge in [0.1, 0.15) is 5.84 Å². The molecule has 0 aromatic rings. The number of morpholine rings is 1. The predicted molar refractivity (Wildman–Crippen MR) is 65.5 cm³/mol. The number of hydrogen-bond acceptors (Lipinski definition) is 4. The minimum atomic E-state index is 0.0477. The van der Waals surface area contributed by atoms with Crippen LogP contribution in [0.1, 0.15) is 19.3 Å².